The van der Waals surface area contributed by atoms with Crippen LogP contribution in [-0.4, -0.2) is 81.8 Å². The molecule has 16 heteroatoms. The van der Waals surface area contributed by atoms with Crippen LogP contribution in [0.2, 0.25) is 0 Å². The minimum Gasteiger partial charge on any atom is -0.481 e. The third-order valence-corrected chi connectivity index (χ3v) is 9.61. The molecule has 2 atom stereocenters. The van der Waals surface area contributed by atoms with Crippen LogP contribution in [-0.2, 0) is 35.9 Å². The van der Waals surface area contributed by atoms with E-state index in [-0.39, 0.29) is 39.1 Å². The Balaban J connectivity index is 1.43. The van der Waals surface area contributed by atoms with Crippen molar-refractivity contribution >= 4 is 43.8 Å². The van der Waals surface area contributed by atoms with Crippen LogP contribution in [0.25, 0.3) is 11.1 Å². The van der Waals surface area contributed by atoms with E-state index in [9.17, 15) is 19.8 Å². The Kier molecular flexibility index (Phi) is 16.0. The third kappa shape index (κ3) is 11.8. The number of benzene rings is 2. The zero-order valence-electron chi connectivity index (χ0n) is 30.3. The Labute approximate surface area is 330 Å². The maximum Gasteiger partial charge on any atom is 0.306 e. The normalized spacial score (nSPS) is 12.2. The number of aliphatic hydroxyl groups is 2. The Bertz CT molecular complexity index is 1790. The van der Waals surface area contributed by atoms with Gasteiger partial charge in [-0.05, 0) is 91.2 Å². The molecule has 2 aromatic carbocycles. The monoisotopic (exact) mass is 874 g/mol. The Hall–Kier alpha value is -4.32. The number of aromatic nitrogens is 2. The van der Waals surface area contributed by atoms with E-state index in [0.29, 0.717) is 56.7 Å². The standard InChI is InChI=1S/C38H44Br2N4O10/c1-21-23(19-53-37-31(39)11-25(35(43-37)51-3)15-41-17-27(45)13-33(47)48)7-5-9-29(21)30-10-6-8-24(22(30)2)20-54-38-32(40)12-26(36(44-38)52-4)16-42-18-28(46)14-34(49)50/h5-12,27-28,41-42,45-46H,13-20H2,1-4H3,(H,47,48)(H,49,50)/t27-,28-/m1/s1. The molecule has 290 valence electrons. The van der Waals surface area contributed by atoms with Crippen molar-refractivity contribution in [3.63, 3.8) is 0 Å². The van der Waals surface area contributed by atoms with Gasteiger partial charge in [-0.15, -0.1) is 0 Å². The summed E-state index contributed by atoms with van der Waals surface area (Å²) < 4.78 is 24.5. The second-order valence-corrected chi connectivity index (χ2v) is 14.1. The molecule has 0 aliphatic heterocycles. The molecular weight excluding hydrogens is 832 g/mol. The fourth-order valence-electron chi connectivity index (χ4n) is 5.65. The number of aliphatic carboxylic acids is 2. The van der Waals surface area contributed by atoms with Crippen molar-refractivity contribution in [2.45, 2.75) is 65.2 Å². The zero-order chi connectivity index (χ0) is 39.4. The van der Waals surface area contributed by atoms with E-state index in [0.717, 1.165) is 33.4 Å². The summed E-state index contributed by atoms with van der Waals surface area (Å²) in [5.74, 6) is -0.773. The smallest absolute Gasteiger partial charge is 0.306 e. The molecule has 54 heavy (non-hydrogen) atoms. The Morgan fingerprint density at radius 1 is 0.667 bits per heavy atom. The molecule has 0 saturated carbocycles. The summed E-state index contributed by atoms with van der Waals surface area (Å²) in [6.45, 7) is 5.37. The van der Waals surface area contributed by atoms with Crippen LogP contribution in [0, 0.1) is 13.8 Å². The minimum absolute atomic E-state index is 0.0981. The highest BCUT2D eigenvalue weighted by Crippen LogP contribution is 2.34. The highest BCUT2D eigenvalue weighted by Gasteiger charge is 2.18. The van der Waals surface area contributed by atoms with Gasteiger partial charge in [-0.25, -0.2) is 0 Å². The molecule has 0 aliphatic rings. The average molecular weight is 877 g/mol. The van der Waals surface area contributed by atoms with Gasteiger partial charge in [-0.3, -0.25) is 9.59 Å². The summed E-state index contributed by atoms with van der Waals surface area (Å²) in [6.07, 6.45) is -2.74. The molecule has 0 aliphatic carbocycles. The molecule has 0 spiro atoms. The lowest BCUT2D eigenvalue weighted by molar-refractivity contribution is -0.140. The van der Waals surface area contributed by atoms with Gasteiger partial charge in [0, 0.05) is 37.3 Å². The van der Waals surface area contributed by atoms with Crippen molar-refractivity contribution in [3.8, 4) is 34.6 Å². The lowest BCUT2D eigenvalue weighted by atomic mass is 9.92. The van der Waals surface area contributed by atoms with Crippen LogP contribution in [0.1, 0.15) is 46.2 Å². The molecule has 0 unspecified atom stereocenters. The number of hydrogen-bond acceptors (Lipinski definition) is 12. The predicted octanol–water partition coefficient (Wildman–Crippen LogP) is 5.31. The lowest BCUT2D eigenvalue weighted by Gasteiger charge is -2.18. The van der Waals surface area contributed by atoms with E-state index in [2.05, 4.69) is 64.6 Å². The fourth-order valence-corrected chi connectivity index (χ4v) is 6.61. The van der Waals surface area contributed by atoms with Crippen LogP contribution in [0.4, 0.5) is 0 Å². The van der Waals surface area contributed by atoms with E-state index in [1.807, 2.05) is 50.2 Å². The van der Waals surface area contributed by atoms with Crippen LogP contribution in [0.5, 0.6) is 23.5 Å². The van der Waals surface area contributed by atoms with E-state index in [1.54, 1.807) is 0 Å². The molecular formula is C38H44Br2N4O10. The molecule has 4 rings (SSSR count). The van der Waals surface area contributed by atoms with Crippen molar-refractivity contribution in [2.75, 3.05) is 27.3 Å². The van der Waals surface area contributed by atoms with Crippen molar-refractivity contribution in [1.29, 1.82) is 0 Å². The topological polar surface area (TPSA) is 202 Å². The van der Waals surface area contributed by atoms with Gasteiger partial charge >= 0.3 is 11.9 Å². The summed E-state index contributed by atoms with van der Waals surface area (Å²) in [5.41, 5.74) is 7.49. The summed E-state index contributed by atoms with van der Waals surface area (Å²) in [5, 5.41) is 43.4. The van der Waals surface area contributed by atoms with Gasteiger partial charge in [0.1, 0.15) is 13.2 Å². The van der Waals surface area contributed by atoms with E-state index in [4.69, 9.17) is 29.2 Å². The van der Waals surface area contributed by atoms with Crippen molar-refractivity contribution in [3.05, 3.63) is 90.9 Å². The van der Waals surface area contributed by atoms with Crippen molar-refractivity contribution < 1.29 is 49.0 Å². The van der Waals surface area contributed by atoms with Crippen molar-refractivity contribution in [2.24, 2.45) is 0 Å². The second-order valence-electron chi connectivity index (χ2n) is 12.4. The molecule has 6 N–H and O–H groups in total. The number of hydrogen-bond donors (Lipinski definition) is 6. The van der Waals surface area contributed by atoms with Crippen LogP contribution >= 0.6 is 31.9 Å². The highest BCUT2D eigenvalue weighted by molar-refractivity contribution is 9.10. The van der Waals surface area contributed by atoms with E-state index >= 15 is 0 Å². The number of aliphatic hydroxyl groups excluding tert-OH is 2. The molecule has 0 bridgehead atoms. The molecule has 0 fully saturated rings. The predicted molar refractivity (Wildman–Crippen MR) is 207 cm³/mol. The van der Waals surface area contributed by atoms with Gasteiger partial charge in [0.15, 0.2) is 0 Å². The van der Waals surface area contributed by atoms with Gasteiger partial charge in [0.25, 0.3) is 0 Å². The van der Waals surface area contributed by atoms with E-state index < -0.39 is 24.1 Å². The highest BCUT2D eigenvalue weighted by atomic mass is 79.9. The minimum atomic E-state index is -1.07. The zero-order valence-corrected chi connectivity index (χ0v) is 33.5. The summed E-state index contributed by atoms with van der Waals surface area (Å²) in [6, 6.07) is 15.7. The SMILES string of the molecule is COc1nc(OCc2cccc(-c3cccc(COc4nc(OC)c(CNC[C@H](O)CC(=O)O)cc4Br)c3C)c2C)c(Br)cc1CNC[C@H](O)CC(=O)O. The molecule has 4 aromatic rings. The van der Waals surface area contributed by atoms with Gasteiger partial charge in [0.2, 0.25) is 23.5 Å². The third-order valence-electron chi connectivity index (χ3n) is 8.48. The summed E-state index contributed by atoms with van der Waals surface area (Å²) in [7, 11) is 3.00. The largest absolute Gasteiger partial charge is 0.481 e. The molecule has 0 radical (unpaired) electrons. The fraction of sp³-hybridized carbons (Fsp3) is 0.368. The number of rotatable bonds is 21. The summed E-state index contributed by atoms with van der Waals surface area (Å²) >= 11 is 7.08. The first kappa shape index (κ1) is 42.4. The Morgan fingerprint density at radius 2 is 1.06 bits per heavy atom. The number of ether oxygens (including phenoxy) is 4. The molecule has 0 amide bonds. The number of carboxylic acid groups (broad SMARTS) is 2. The van der Waals surface area contributed by atoms with E-state index in [1.165, 1.54) is 14.2 Å². The number of nitrogens with zero attached hydrogens (tertiary/aromatic N) is 2. The first-order chi connectivity index (χ1) is 25.8. The van der Waals surface area contributed by atoms with Gasteiger partial charge in [-0.2, -0.15) is 9.97 Å². The van der Waals surface area contributed by atoms with Gasteiger partial charge in [-0.1, -0.05) is 36.4 Å². The number of methoxy groups -OCH3 is 2. The maximum atomic E-state index is 10.8. The molecule has 2 heterocycles. The number of carboxylic acids is 2. The lowest BCUT2D eigenvalue weighted by Crippen LogP contribution is -2.28. The maximum absolute atomic E-state index is 10.8. The molecule has 14 nitrogen and oxygen atoms in total. The van der Waals surface area contributed by atoms with Crippen LogP contribution in [0.15, 0.2) is 57.5 Å². The molecule has 0 saturated heterocycles. The number of pyridine rings is 2. The first-order valence-corrected chi connectivity index (χ1v) is 18.5. The van der Waals surface area contributed by atoms with Crippen LogP contribution < -0.4 is 29.6 Å². The van der Waals surface area contributed by atoms with Gasteiger partial charge in [0.05, 0.1) is 48.2 Å². The van der Waals surface area contributed by atoms with Crippen molar-refractivity contribution in [1.82, 2.24) is 20.6 Å². The quantitative estimate of drug-likeness (QED) is 0.0629. The molecule has 2 aromatic heterocycles. The average Bonchev–Trinajstić information content (AvgIpc) is 3.11. The second kappa shape index (κ2) is 20.4. The number of nitrogens with one attached hydrogen (secondary N) is 2. The number of halogens is 2. The summed E-state index contributed by atoms with van der Waals surface area (Å²) in [4.78, 5) is 30.7. The first-order valence-electron chi connectivity index (χ1n) is 16.9. The number of carbonyl (C=O) groups is 2. The Morgan fingerprint density at radius 3 is 1.41 bits per heavy atom. The van der Waals surface area contributed by atoms with Crippen LogP contribution in [0.3, 0.4) is 0 Å². The van der Waals surface area contributed by atoms with Gasteiger partial charge < -0.3 is 50.0 Å².